The van der Waals surface area contributed by atoms with Crippen molar-refractivity contribution in [2.24, 2.45) is 0 Å². The number of carbonyl (C=O) groups is 2. The molecule has 0 aliphatic carbocycles. The first-order valence-electron chi connectivity index (χ1n) is 10.3. The molecule has 0 fully saturated rings. The highest BCUT2D eigenvalue weighted by molar-refractivity contribution is 5.99. The third kappa shape index (κ3) is 5.66. The van der Waals surface area contributed by atoms with Crippen LogP contribution < -0.4 is 20.1 Å². The predicted octanol–water partition coefficient (Wildman–Crippen LogP) is 4.94. The maximum atomic E-state index is 12.9. The van der Waals surface area contributed by atoms with Crippen molar-refractivity contribution >= 4 is 23.2 Å². The number of anilines is 2. The minimum absolute atomic E-state index is 0.135. The van der Waals surface area contributed by atoms with E-state index in [9.17, 15) is 9.59 Å². The van der Waals surface area contributed by atoms with E-state index < -0.39 is 5.41 Å². The molecule has 0 spiro atoms. The molecule has 0 unspecified atom stereocenters. The summed E-state index contributed by atoms with van der Waals surface area (Å²) in [6.07, 6.45) is 0. The van der Waals surface area contributed by atoms with Crippen LogP contribution in [0.3, 0.4) is 0 Å². The zero-order valence-electron chi connectivity index (χ0n) is 18.8. The number of hydrogen-bond donors (Lipinski definition) is 2. The van der Waals surface area contributed by atoms with E-state index in [4.69, 9.17) is 9.47 Å². The average Bonchev–Trinajstić information content (AvgIpc) is 2.78. The van der Waals surface area contributed by atoms with E-state index in [0.717, 1.165) is 11.1 Å². The normalized spacial score (nSPS) is 10.9. The zero-order chi connectivity index (χ0) is 23.1. The van der Waals surface area contributed by atoms with E-state index in [2.05, 4.69) is 10.6 Å². The van der Waals surface area contributed by atoms with Crippen LogP contribution in [0.25, 0.3) is 0 Å². The number of nitrogens with one attached hydrogen (secondary N) is 2. The first kappa shape index (κ1) is 22.9. The molecule has 0 saturated heterocycles. The Morgan fingerprint density at radius 3 is 2.12 bits per heavy atom. The van der Waals surface area contributed by atoms with Gasteiger partial charge in [-0.05, 0) is 56.7 Å². The van der Waals surface area contributed by atoms with Gasteiger partial charge >= 0.3 is 0 Å². The van der Waals surface area contributed by atoms with Crippen molar-refractivity contribution in [2.75, 3.05) is 24.4 Å². The van der Waals surface area contributed by atoms with Gasteiger partial charge in [-0.2, -0.15) is 0 Å². The summed E-state index contributed by atoms with van der Waals surface area (Å²) in [4.78, 5) is 25.3. The first-order valence-corrected chi connectivity index (χ1v) is 10.3. The van der Waals surface area contributed by atoms with Crippen LogP contribution >= 0.6 is 0 Å². The highest BCUT2D eigenvalue weighted by atomic mass is 16.5. The van der Waals surface area contributed by atoms with E-state index in [-0.39, 0.29) is 18.4 Å². The molecule has 0 bridgehead atoms. The van der Waals surface area contributed by atoms with Gasteiger partial charge in [-0.3, -0.25) is 9.59 Å². The summed E-state index contributed by atoms with van der Waals surface area (Å²) in [5, 5.41) is 5.73. The van der Waals surface area contributed by atoms with Crippen molar-refractivity contribution in [2.45, 2.75) is 26.2 Å². The third-order valence-corrected chi connectivity index (χ3v) is 5.17. The number of carbonyl (C=O) groups excluding carboxylic acids is 2. The molecular weight excluding hydrogens is 404 g/mol. The SMILES string of the molecule is COc1ccccc1OCC(=O)Nc1cccc(NC(=O)C(C)(C)c2ccc(C)cc2)c1. The van der Waals surface area contributed by atoms with Gasteiger partial charge in [-0.15, -0.1) is 0 Å². The quantitative estimate of drug-likeness (QED) is 0.529. The van der Waals surface area contributed by atoms with Crippen molar-refractivity contribution in [1.82, 2.24) is 0 Å². The summed E-state index contributed by atoms with van der Waals surface area (Å²) in [7, 11) is 1.54. The molecule has 0 atom stereocenters. The van der Waals surface area contributed by atoms with Crippen molar-refractivity contribution in [3.8, 4) is 11.5 Å². The molecule has 0 heterocycles. The van der Waals surface area contributed by atoms with Gasteiger partial charge in [0.15, 0.2) is 18.1 Å². The van der Waals surface area contributed by atoms with Crippen LogP contribution in [0.5, 0.6) is 11.5 Å². The number of aryl methyl sites for hydroxylation is 1. The smallest absolute Gasteiger partial charge is 0.262 e. The monoisotopic (exact) mass is 432 g/mol. The number of para-hydroxylation sites is 2. The molecule has 6 nitrogen and oxygen atoms in total. The van der Waals surface area contributed by atoms with E-state index >= 15 is 0 Å². The van der Waals surface area contributed by atoms with E-state index in [1.807, 2.05) is 51.1 Å². The molecule has 2 amide bonds. The molecule has 0 aromatic heterocycles. The Bertz CT molecular complexity index is 1090. The Labute approximate surface area is 188 Å². The molecule has 3 aromatic carbocycles. The van der Waals surface area contributed by atoms with Crippen molar-refractivity contribution in [3.05, 3.63) is 83.9 Å². The second-order valence-corrected chi connectivity index (χ2v) is 8.01. The van der Waals surface area contributed by atoms with Crippen LogP contribution in [0.15, 0.2) is 72.8 Å². The highest BCUT2D eigenvalue weighted by Crippen LogP contribution is 2.27. The maximum Gasteiger partial charge on any atom is 0.262 e. The molecule has 0 radical (unpaired) electrons. The fourth-order valence-electron chi connectivity index (χ4n) is 3.14. The van der Waals surface area contributed by atoms with Gasteiger partial charge in [0.05, 0.1) is 12.5 Å². The fraction of sp³-hybridized carbons (Fsp3) is 0.231. The van der Waals surface area contributed by atoms with Crippen molar-refractivity contribution in [1.29, 1.82) is 0 Å². The lowest BCUT2D eigenvalue weighted by Gasteiger charge is -2.24. The van der Waals surface area contributed by atoms with E-state index in [0.29, 0.717) is 22.9 Å². The molecular formula is C26H28N2O4. The maximum absolute atomic E-state index is 12.9. The number of rotatable bonds is 8. The Morgan fingerprint density at radius 1 is 0.844 bits per heavy atom. The lowest BCUT2D eigenvalue weighted by Crippen LogP contribution is -2.34. The largest absolute Gasteiger partial charge is 0.493 e. The Morgan fingerprint density at radius 2 is 1.47 bits per heavy atom. The van der Waals surface area contributed by atoms with Crippen LogP contribution in [0, 0.1) is 6.92 Å². The van der Waals surface area contributed by atoms with Gasteiger partial charge in [-0.1, -0.05) is 48.0 Å². The summed E-state index contributed by atoms with van der Waals surface area (Å²) >= 11 is 0. The molecule has 3 aromatic rings. The van der Waals surface area contributed by atoms with Crippen LogP contribution in [0.4, 0.5) is 11.4 Å². The summed E-state index contributed by atoms with van der Waals surface area (Å²) in [6.45, 7) is 5.61. The molecule has 2 N–H and O–H groups in total. The van der Waals surface area contributed by atoms with Gasteiger partial charge in [-0.25, -0.2) is 0 Å². The Hall–Kier alpha value is -3.80. The van der Waals surface area contributed by atoms with Gasteiger partial charge in [0.1, 0.15) is 0 Å². The fourth-order valence-corrected chi connectivity index (χ4v) is 3.14. The Kier molecular flexibility index (Phi) is 7.15. The minimum Gasteiger partial charge on any atom is -0.493 e. The Balaban J connectivity index is 1.61. The van der Waals surface area contributed by atoms with Gasteiger partial charge in [0, 0.05) is 11.4 Å². The second kappa shape index (κ2) is 10.0. The number of ether oxygens (including phenoxy) is 2. The highest BCUT2D eigenvalue weighted by Gasteiger charge is 2.29. The molecule has 6 heteroatoms. The number of hydrogen-bond acceptors (Lipinski definition) is 4. The summed E-state index contributed by atoms with van der Waals surface area (Å²) in [5.41, 5.74) is 2.51. The van der Waals surface area contributed by atoms with E-state index in [1.165, 1.54) is 0 Å². The van der Waals surface area contributed by atoms with Crippen LogP contribution in [0.1, 0.15) is 25.0 Å². The summed E-state index contributed by atoms with van der Waals surface area (Å²) < 4.78 is 10.8. The van der Waals surface area contributed by atoms with Gasteiger partial charge < -0.3 is 20.1 Å². The van der Waals surface area contributed by atoms with Crippen LogP contribution in [0.2, 0.25) is 0 Å². The van der Waals surface area contributed by atoms with Crippen molar-refractivity contribution in [3.63, 3.8) is 0 Å². The molecule has 0 aliphatic rings. The lowest BCUT2D eigenvalue weighted by atomic mass is 9.83. The number of amides is 2. The first-order chi connectivity index (χ1) is 15.3. The van der Waals surface area contributed by atoms with E-state index in [1.54, 1.807) is 49.6 Å². The molecule has 166 valence electrons. The third-order valence-electron chi connectivity index (χ3n) is 5.17. The zero-order valence-corrected chi connectivity index (χ0v) is 18.8. The number of methoxy groups -OCH3 is 1. The molecule has 0 saturated carbocycles. The predicted molar refractivity (Wildman–Crippen MR) is 126 cm³/mol. The van der Waals surface area contributed by atoms with Gasteiger partial charge in [0.25, 0.3) is 5.91 Å². The minimum atomic E-state index is -0.713. The van der Waals surface area contributed by atoms with Crippen LogP contribution in [-0.4, -0.2) is 25.5 Å². The topological polar surface area (TPSA) is 76.7 Å². The second-order valence-electron chi connectivity index (χ2n) is 8.01. The lowest BCUT2D eigenvalue weighted by molar-refractivity contribution is -0.120. The van der Waals surface area contributed by atoms with Gasteiger partial charge in [0.2, 0.25) is 5.91 Å². The average molecular weight is 433 g/mol. The standard InChI is InChI=1S/C26H28N2O4/c1-18-12-14-19(15-13-18)26(2,3)25(30)28-21-9-7-8-20(16-21)27-24(29)17-32-23-11-6-5-10-22(23)31-4/h5-16H,17H2,1-4H3,(H,27,29)(H,28,30). The summed E-state index contributed by atoms with van der Waals surface area (Å²) in [5.74, 6) is 0.592. The number of benzene rings is 3. The van der Waals surface area contributed by atoms with Crippen molar-refractivity contribution < 1.29 is 19.1 Å². The molecule has 3 rings (SSSR count). The van der Waals surface area contributed by atoms with Crippen LogP contribution in [-0.2, 0) is 15.0 Å². The summed E-state index contributed by atoms with van der Waals surface area (Å²) in [6, 6.07) is 22.1. The molecule has 32 heavy (non-hydrogen) atoms. The molecule has 0 aliphatic heterocycles.